The van der Waals surface area contributed by atoms with Crippen LogP contribution >= 0.6 is 0 Å². The van der Waals surface area contributed by atoms with E-state index >= 15 is 0 Å². The summed E-state index contributed by atoms with van der Waals surface area (Å²) in [5.41, 5.74) is 3.24. The van der Waals surface area contributed by atoms with Crippen LogP contribution < -0.4 is 11.3 Å². The molecule has 2 saturated heterocycles. The van der Waals surface area contributed by atoms with Crippen LogP contribution in [0.4, 0.5) is 0 Å². The highest BCUT2D eigenvalue weighted by atomic mass is 16.5. The fraction of sp³-hybridized carbons (Fsp3) is 1.00. The van der Waals surface area contributed by atoms with E-state index in [0.717, 1.165) is 51.4 Å². The number of ether oxygens (including phenoxy) is 2. The first-order valence-corrected chi connectivity index (χ1v) is 8.99. The Hall–Kier alpha value is -0.160. The van der Waals surface area contributed by atoms with E-state index in [2.05, 4.69) is 5.43 Å². The third kappa shape index (κ3) is 3.98. The fourth-order valence-electron chi connectivity index (χ4n) is 4.68. The highest BCUT2D eigenvalue weighted by molar-refractivity contribution is 4.93. The largest absolute Gasteiger partial charge is 0.381 e. The third-order valence-electron chi connectivity index (χ3n) is 6.03. The van der Waals surface area contributed by atoms with Gasteiger partial charge in [-0.25, -0.2) is 0 Å². The maximum absolute atomic E-state index is 6.17. The Kier molecular flexibility index (Phi) is 5.54. The molecular weight excluding hydrogens is 264 g/mol. The predicted octanol–water partition coefficient (Wildman–Crippen LogP) is 2.76. The lowest BCUT2D eigenvalue weighted by Crippen LogP contribution is -2.51. The van der Waals surface area contributed by atoms with Crippen LogP contribution in [0.25, 0.3) is 0 Å². The van der Waals surface area contributed by atoms with Gasteiger partial charge in [0.2, 0.25) is 0 Å². The molecule has 2 heterocycles. The van der Waals surface area contributed by atoms with Crippen molar-refractivity contribution in [3.63, 3.8) is 0 Å². The summed E-state index contributed by atoms with van der Waals surface area (Å²) >= 11 is 0. The second-order valence-electron chi connectivity index (χ2n) is 7.41. The maximum Gasteiger partial charge on any atom is 0.0729 e. The average Bonchev–Trinajstić information content (AvgIpc) is 2.54. The van der Waals surface area contributed by atoms with Crippen molar-refractivity contribution in [2.75, 3.05) is 19.8 Å². The van der Waals surface area contributed by atoms with Crippen molar-refractivity contribution < 1.29 is 9.47 Å². The van der Waals surface area contributed by atoms with Crippen LogP contribution in [0.15, 0.2) is 0 Å². The Labute approximate surface area is 129 Å². The Morgan fingerprint density at radius 1 is 1.05 bits per heavy atom. The first kappa shape index (κ1) is 15.7. The molecule has 2 aliphatic heterocycles. The quantitative estimate of drug-likeness (QED) is 0.619. The fourth-order valence-corrected chi connectivity index (χ4v) is 4.68. The Morgan fingerprint density at radius 2 is 1.81 bits per heavy atom. The number of hydrogen-bond acceptors (Lipinski definition) is 4. The summed E-state index contributed by atoms with van der Waals surface area (Å²) in [6, 6.07) is 0.469. The minimum absolute atomic E-state index is 0.0861. The van der Waals surface area contributed by atoms with Gasteiger partial charge in [-0.15, -0.1) is 0 Å². The van der Waals surface area contributed by atoms with E-state index in [-0.39, 0.29) is 5.60 Å². The molecule has 1 spiro atoms. The van der Waals surface area contributed by atoms with Crippen LogP contribution in [0.3, 0.4) is 0 Å². The molecule has 3 fully saturated rings. The summed E-state index contributed by atoms with van der Waals surface area (Å²) in [5.74, 6) is 7.48. The zero-order valence-electron chi connectivity index (χ0n) is 13.3. The molecule has 0 amide bonds. The smallest absolute Gasteiger partial charge is 0.0729 e. The SMILES string of the molecule is NNC(CC1CCCCC1)C1CCOC2(CCOCC2)C1. The van der Waals surface area contributed by atoms with E-state index in [0.29, 0.717) is 12.0 Å². The molecule has 1 aliphatic carbocycles. The van der Waals surface area contributed by atoms with Crippen LogP contribution in [0.5, 0.6) is 0 Å². The highest BCUT2D eigenvalue weighted by Crippen LogP contribution is 2.40. The summed E-state index contributed by atoms with van der Waals surface area (Å²) in [6.07, 6.45) is 12.8. The molecule has 2 atom stereocenters. The zero-order chi connectivity index (χ0) is 14.5. The molecular formula is C17H32N2O2. The Bertz CT molecular complexity index is 306. The lowest BCUT2D eigenvalue weighted by Gasteiger charge is -2.45. The van der Waals surface area contributed by atoms with Gasteiger partial charge in [0.05, 0.1) is 5.60 Å². The Morgan fingerprint density at radius 3 is 2.52 bits per heavy atom. The van der Waals surface area contributed by atoms with E-state index in [9.17, 15) is 0 Å². The molecule has 3 N–H and O–H groups in total. The van der Waals surface area contributed by atoms with Gasteiger partial charge in [-0.05, 0) is 43.9 Å². The summed E-state index contributed by atoms with van der Waals surface area (Å²) in [5, 5.41) is 0. The van der Waals surface area contributed by atoms with Crippen LogP contribution in [0.1, 0.15) is 64.2 Å². The van der Waals surface area contributed by atoms with Crippen LogP contribution in [0, 0.1) is 11.8 Å². The minimum atomic E-state index is 0.0861. The zero-order valence-corrected chi connectivity index (χ0v) is 13.3. The van der Waals surface area contributed by atoms with Crippen molar-refractivity contribution >= 4 is 0 Å². The van der Waals surface area contributed by atoms with Gasteiger partial charge in [-0.2, -0.15) is 0 Å². The van der Waals surface area contributed by atoms with E-state index in [1.807, 2.05) is 0 Å². The lowest BCUT2D eigenvalue weighted by atomic mass is 9.74. The van der Waals surface area contributed by atoms with Gasteiger partial charge in [-0.3, -0.25) is 11.3 Å². The van der Waals surface area contributed by atoms with E-state index in [4.69, 9.17) is 15.3 Å². The van der Waals surface area contributed by atoms with Gasteiger partial charge < -0.3 is 9.47 Å². The molecule has 3 aliphatic rings. The van der Waals surface area contributed by atoms with E-state index in [1.54, 1.807) is 0 Å². The number of nitrogens with one attached hydrogen (secondary N) is 1. The molecule has 3 rings (SSSR count). The van der Waals surface area contributed by atoms with Gasteiger partial charge in [-0.1, -0.05) is 32.1 Å². The van der Waals surface area contributed by atoms with Crippen molar-refractivity contribution in [1.82, 2.24) is 5.43 Å². The Balaban J connectivity index is 1.57. The lowest BCUT2D eigenvalue weighted by molar-refractivity contribution is -0.150. The van der Waals surface area contributed by atoms with E-state index < -0.39 is 0 Å². The van der Waals surface area contributed by atoms with Crippen LogP contribution in [-0.4, -0.2) is 31.5 Å². The van der Waals surface area contributed by atoms with Gasteiger partial charge in [0.1, 0.15) is 0 Å². The molecule has 21 heavy (non-hydrogen) atoms. The molecule has 0 bridgehead atoms. The van der Waals surface area contributed by atoms with Crippen molar-refractivity contribution in [3.05, 3.63) is 0 Å². The highest BCUT2D eigenvalue weighted by Gasteiger charge is 2.41. The number of nitrogens with two attached hydrogens (primary N) is 1. The minimum Gasteiger partial charge on any atom is -0.381 e. The maximum atomic E-state index is 6.17. The van der Waals surface area contributed by atoms with E-state index in [1.165, 1.54) is 38.5 Å². The molecule has 4 nitrogen and oxygen atoms in total. The number of hydrazine groups is 1. The molecule has 0 aromatic rings. The van der Waals surface area contributed by atoms with Gasteiger partial charge >= 0.3 is 0 Å². The second kappa shape index (κ2) is 7.40. The summed E-state index contributed by atoms with van der Waals surface area (Å²) in [4.78, 5) is 0. The number of rotatable bonds is 4. The van der Waals surface area contributed by atoms with Crippen LogP contribution in [0.2, 0.25) is 0 Å². The normalized spacial score (nSPS) is 32.1. The molecule has 1 saturated carbocycles. The summed E-state index contributed by atoms with van der Waals surface area (Å²) < 4.78 is 11.7. The molecule has 4 heteroatoms. The standard InChI is InChI=1S/C17H32N2O2/c18-19-16(12-14-4-2-1-3-5-14)15-6-9-21-17(13-15)7-10-20-11-8-17/h14-16,19H,1-13,18H2. The topological polar surface area (TPSA) is 56.5 Å². The average molecular weight is 296 g/mol. The second-order valence-corrected chi connectivity index (χ2v) is 7.41. The van der Waals surface area contributed by atoms with Crippen molar-refractivity contribution in [3.8, 4) is 0 Å². The molecule has 0 aromatic carbocycles. The molecule has 0 aromatic heterocycles. The van der Waals surface area contributed by atoms with Crippen molar-refractivity contribution in [2.45, 2.75) is 75.9 Å². The van der Waals surface area contributed by atoms with Gasteiger partial charge in [0, 0.05) is 25.9 Å². The first-order chi connectivity index (χ1) is 10.3. The van der Waals surface area contributed by atoms with Crippen molar-refractivity contribution in [1.29, 1.82) is 0 Å². The molecule has 122 valence electrons. The third-order valence-corrected chi connectivity index (χ3v) is 6.03. The predicted molar refractivity (Wildman–Crippen MR) is 83.8 cm³/mol. The van der Waals surface area contributed by atoms with Gasteiger partial charge in [0.25, 0.3) is 0 Å². The van der Waals surface area contributed by atoms with Crippen molar-refractivity contribution in [2.24, 2.45) is 17.7 Å². The molecule has 2 unspecified atom stereocenters. The van der Waals surface area contributed by atoms with Gasteiger partial charge in [0.15, 0.2) is 0 Å². The summed E-state index contributed by atoms with van der Waals surface area (Å²) in [7, 11) is 0. The monoisotopic (exact) mass is 296 g/mol. The number of hydrogen-bond donors (Lipinski definition) is 2. The van der Waals surface area contributed by atoms with Crippen LogP contribution in [-0.2, 0) is 9.47 Å². The first-order valence-electron chi connectivity index (χ1n) is 8.99. The molecule has 0 radical (unpaired) electrons. The summed E-state index contributed by atoms with van der Waals surface area (Å²) in [6.45, 7) is 2.61.